The number of hydrogen-bond donors (Lipinski definition) is 8. The maximum absolute atomic E-state index is 13.2. The molecular formula is C38H30N4O12S2. The van der Waals surface area contributed by atoms with Crippen LogP contribution in [0, 0.1) is 13.8 Å². The molecule has 56 heavy (non-hydrogen) atoms. The van der Waals surface area contributed by atoms with Crippen molar-refractivity contribution < 1.29 is 55.3 Å². The van der Waals surface area contributed by atoms with Gasteiger partial charge in [-0.15, -0.1) is 0 Å². The van der Waals surface area contributed by atoms with Crippen LogP contribution in [0.15, 0.2) is 107 Å². The number of amides is 4. The molecule has 0 fully saturated rings. The van der Waals surface area contributed by atoms with Gasteiger partial charge in [0.2, 0.25) is 0 Å². The highest BCUT2D eigenvalue weighted by Crippen LogP contribution is 2.35. The van der Waals surface area contributed by atoms with Gasteiger partial charge in [-0.25, -0.2) is 0 Å². The highest BCUT2D eigenvalue weighted by molar-refractivity contribution is 7.86. The van der Waals surface area contributed by atoms with Crippen molar-refractivity contribution in [3.63, 3.8) is 0 Å². The number of hydrogen-bond acceptors (Lipinski definition) is 10. The number of carbonyl (C=O) groups is 4. The third-order valence-electron chi connectivity index (χ3n) is 8.70. The molecule has 0 heterocycles. The third-order valence-corrected chi connectivity index (χ3v) is 10.4. The van der Waals surface area contributed by atoms with Crippen LogP contribution in [0.1, 0.15) is 31.8 Å². The Balaban J connectivity index is 1.11. The number of rotatable bonds is 8. The zero-order chi connectivity index (χ0) is 40.7. The lowest BCUT2D eigenvalue weighted by atomic mass is 10.1. The Morgan fingerprint density at radius 1 is 0.446 bits per heavy atom. The van der Waals surface area contributed by atoms with Gasteiger partial charge in [-0.3, -0.25) is 28.3 Å². The van der Waals surface area contributed by atoms with Crippen molar-refractivity contribution in [1.82, 2.24) is 0 Å². The van der Waals surface area contributed by atoms with Crippen molar-refractivity contribution in [2.45, 2.75) is 23.6 Å². The SMILES string of the molecule is Cc1cc(C(=O)Nc2ccc(O)c3ccc(S(=O)(=O)O)cc23)ccc1NC(=O)C(=O)Nc1ccc(C(=O)Nc2ccc(O)c3ccc(S(=O)(=O)O)cc23)cc1C. The van der Waals surface area contributed by atoms with Crippen molar-refractivity contribution >= 4 is 88.2 Å². The summed E-state index contributed by atoms with van der Waals surface area (Å²) in [5.41, 5.74) is 1.80. The molecule has 0 aliphatic rings. The third kappa shape index (κ3) is 8.12. The van der Waals surface area contributed by atoms with Crippen LogP contribution in [0.3, 0.4) is 0 Å². The van der Waals surface area contributed by atoms with Gasteiger partial charge in [-0.1, -0.05) is 0 Å². The van der Waals surface area contributed by atoms with Crippen molar-refractivity contribution in [3.8, 4) is 11.5 Å². The van der Waals surface area contributed by atoms with Crippen molar-refractivity contribution in [2.75, 3.05) is 21.3 Å². The second-order valence-corrected chi connectivity index (χ2v) is 15.3. The first-order valence-corrected chi connectivity index (χ1v) is 19.1. The molecule has 0 saturated carbocycles. The van der Waals surface area contributed by atoms with Crippen molar-refractivity contribution in [2.24, 2.45) is 0 Å². The smallest absolute Gasteiger partial charge is 0.314 e. The molecule has 0 radical (unpaired) electrons. The molecule has 0 aromatic heterocycles. The van der Waals surface area contributed by atoms with E-state index in [4.69, 9.17) is 0 Å². The number of anilines is 4. The fourth-order valence-corrected chi connectivity index (χ4v) is 6.81. The zero-order valence-electron chi connectivity index (χ0n) is 29.1. The fourth-order valence-electron chi connectivity index (χ4n) is 5.80. The Labute approximate surface area is 318 Å². The molecule has 0 spiro atoms. The van der Waals surface area contributed by atoms with Crippen LogP contribution < -0.4 is 21.3 Å². The maximum Gasteiger partial charge on any atom is 0.314 e. The van der Waals surface area contributed by atoms with E-state index in [1.165, 1.54) is 72.8 Å². The van der Waals surface area contributed by atoms with Gasteiger partial charge in [0.05, 0.1) is 9.79 Å². The molecule has 6 rings (SSSR count). The topological polar surface area (TPSA) is 266 Å². The summed E-state index contributed by atoms with van der Waals surface area (Å²) < 4.78 is 65.6. The molecule has 6 aromatic carbocycles. The minimum atomic E-state index is -4.57. The summed E-state index contributed by atoms with van der Waals surface area (Å²) >= 11 is 0. The summed E-state index contributed by atoms with van der Waals surface area (Å²) in [5.74, 6) is -3.69. The van der Waals surface area contributed by atoms with E-state index in [-0.39, 0.29) is 66.9 Å². The van der Waals surface area contributed by atoms with E-state index in [0.717, 1.165) is 24.3 Å². The molecule has 0 aliphatic carbocycles. The van der Waals surface area contributed by atoms with Crippen molar-refractivity contribution in [1.29, 1.82) is 0 Å². The summed E-state index contributed by atoms with van der Waals surface area (Å²) in [7, 11) is -9.15. The van der Waals surface area contributed by atoms with Gasteiger partial charge in [0.1, 0.15) is 11.5 Å². The summed E-state index contributed by atoms with van der Waals surface area (Å²) in [5, 5.41) is 31.4. The lowest BCUT2D eigenvalue weighted by molar-refractivity contribution is -0.133. The number of fused-ring (bicyclic) bond motifs is 2. The Morgan fingerprint density at radius 3 is 1.14 bits per heavy atom. The second kappa shape index (κ2) is 14.8. The van der Waals surface area contributed by atoms with E-state index < -0.39 is 53.7 Å². The van der Waals surface area contributed by atoms with E-state index in [1.54, 1.807) is 13.8 Å². The largest absolute Gasteiger partial charge is 0.507 e. The number of nitrogens with one attached hydrogen (secondary N) is 4. The minimum absolute atomic E-state index is 0.137. The van der Waals surface area contributed by atoms with Crippen LogP contribution in [-0.4, -0.2) is 59.8 Å². The minimum Gasteiger partial charge on any atom is -0.507 e. The van der Waals surface area contributed by atoms with Gasteiger partial charge >= 0.3 is 11.8 Å². The summed E-state index contributed by atoms with van der Waals surface area (Å²) in [6, 6.07) is 20.8. The van der Waals surface area contributed by atoms with E-state index in [9.17, 15) is 55.3 Å². The van der Waals surface area contributed by atoms with Crippen LogP contribution in [0.25, 0.3) is 21.5 Å². The standard InChI is InChI=1S/C38H30N4O12S2/c1-19-15-21(35(45)41-31-11-13-33(43)25-7-5-23(17-27(25)31)55(49,50)51)3-9-29(19)39-37(47)38(48)40-30-10-4-22(16-20(30)2)36(46)42-32-12-14-34(44)26-8-6-24(18-28(26)32)56(52,53)54/h3-18,43-44H,1-2H3,(H,39,47)(H,40,48)(H,41,45)(H,42,46)(H,49,50,51)(H,52,53,54). The lowest BCUT2D eigenvalue weighted by Crippen LogP contribution is -2.29. The van der Waals surface area contributed by atoms with E-state index in [2.05, 4.69) is 21.3 Å². The predicted molar refractivity (Wildman–Crippen MR) is 206 cm³/mol. The molecule has 6 aromatic rings. The number of aromatic hydroxyl groups is 2. The Bertz CT molecular complexity index is 2700. The monoisotopic (exact) mass is 798 g/mol. The predicted octanol–water partition coefficient (Wildman–Crippen LogP) is 5.60. The average Bonchev–Trinajstić information content (AvgIpc) is 3.14. The molecule has 18 heteroatoms. The molecule has 0 aliphatic heterocycles. The molecule has 286 valence electrons. The van der Waals surface area contributed by atoms with Crippen LogP contribution in [0.5, 0.6) is 11.5 Å². The van der Waals surface area contributed by atoms with Crippen LogP contribution in [0.4, 0.5) is 22.7 Å². The first kappa shape index (κ1) is 38.9. The summed E-state index contributed by atoms with van der Waals surface area (Å²) in [6.07, 6.45) is 0. The zero-order valence-corrected chi connectivity index (χ0v) is 30.7. The highest BCUT2D eigenvalue weighted by Gasteiger charge is 2.20. The van der Waals surface area contributed by atoms with Crippen LogP contribution in [0.2, 0.25) is 0 Å². The van der Waals surface area contributed by atoms with Crippen LogP contribution in [-0.2, 0) is 29.8 Å². The molecule has 0 bridgehead atoms. The van der Waals surface area contributed by atoms with Gasteiger partial charge in [-0.2, -0.15) is 16.8 Å². The van der Waals surface area contributed by atoms with Gasteiger partial charge in [0.15, 0.2) is 0 Å². The van der Waals surface area contributed by atoms with E-state index >= 15 is 0 Å². The van der Waals surface area contributed by atoms with Crippen LogP contribution >= 0.6 is 0 Å². The quantitative estimate of drug-likeness (QED) is 0.0532. The molecule has 0 unspecified atom stereocenters. The summed E-state index contributed by atoms with van der Waals surface area (Å²) in [4.78, 5) is 51.2. The second-order valence-electron chi connectivity index (χ2n) is 12.5. The number of phenols is 2. The first-order chi connectivity index (χ1) is 26.3. The number of aryl methyl sites for hydroxylation is 2. The molecule has 4 amide bonds. The average molecular weight is 799 g/mol. The van der Waals surface area contributed by atoms with Crippen molar-refractivity contribution in [3.05, 3.63) is 119 Å². The molecule has 0 atom stereocenters. The molecule has 0 saturated heterocycles. The Kier molecular flexibility index (Phi) is 10.2. The number of carbonyl (C=O) groups excluding carboxylic acids is 4. The number of phenolic OH excluding ortho intramolecular Hbond substituents is 2. The normalized spacial score (nSPS) is 11.6. The van der Waals surface area contributed by atoms with Gasteiger partial charge < -0.3 is 31.5 Å². The lowest BCUT2D eigenvalue weighted by Gasteiger charge is -2.14. The Hall–Kier alpha value is -6.86. The van der Waals surface area contributed by atoms with E-state index in [0.29, 0.717) is 11.1 Å². The molecule has 8 N–H and O–H groups in total. The Morgan fingerprint density at radius 2 is 0.804 bits per heavy atom. The van der Waals surface area contributed by atoms with Gasteiger partial charge in [0, 0.05) is 55.4 Å². The maximum atomic E-state index is 13.2. The van der Waals surface area contributed by atoms with Gasteiger partial charge in [-0.05, 0) is 122 Å². The molecule has 16 nitrogen and oxygen atoms in total. The highest BCUT2D eigenvalue weighted by atomic mass is 32.2. The van der Waals surface area contributed by atoms with E-state index in [1.807, 2.05) is 0 Å². The fraction of sp³-hybridized carbons (Fsp3) is 0.0526. The van der Waals surface area contributed by atoms with Gasteiger partial charge in [0.25, 0.3) is 32.1 Å². The molecular weight excluding hydrogens is 769 g/mol. The first-order valence-electron chi connectivity index (χ1n) is 16.2. The summed E-state index contributed by atoms with van der Waals surface area (Å²) in [6.45, 7) is 3.17. The number of benzene rings is 6.